The molecule has 17 heavy (non-hydrogen) atoms. The first-order chi connectivity index (χ1) is 8.24. The van der Waals surface area contributed by atoms with Gasteiger partial charge < -0.3 is 15.7 Å². The van der Waals surface area contributed by atoms with Crippen LogP contribution in [0.4, 0.5) is 5.69 Å². The van der Waals surface area contributed by atoms with Crippen LogP contribution in [-0.2, 0) is 6.54 Å². The van der Waals surface area contributed by atoms with Gasteiger partial charge in [0.15, 0.2) is 0 Å². The molecule has 2 rings (SSSR count). The maximum absolute atomic E-state index is 9.26. The molecule has 0 bridgehead atoms. The Kier molecular flexibility index (Phi) is 4.02. The second-order valence-electron chi connectivity index (χ2n) is 4.96. The van der Waals surface area contributed by atoms with E-state index in [1.807, 2.05) is 0 Å². The summed E-state index contributed by atoms with van der Waals surface area (Å²) >= 11 is 0. The summed E-state index contributed by atoms with van der Waals surface area (Å²) in [6.45, 7) is 5.10. The minimum atomic E-state index is 0.302. The van der Waals surface area contributed by atoms with Crippen molar-refractivity contribution >= 4 is 5.69 Å². The molecule has 0 amide bonds. The average molecular weight is 234 g/mol. The van der Waals surface area contributed by atoms with Gasteiger partial charge in [0.2, 0.25) is 0 Å². The van der Waals surface area contributed by atoms with Gasteiger partial charge in [0.05, 0.1) is 0 Å². The summed E-state index contributed by atoms with van der Waals surface area (Å²) in [5.41, 5.74) is 9.40. The van der Waals surface area contributed by atoms with Crippen LogP contribution in [0.15, 0.2) is 18.2 Å². The minimum absolute atomic E-state index is 0.302. The molecule has 94 valence electrons. The second kappa shape index (κ2) is 5.52. The van der Waals surface area contributed by atoms with Gasteiger partial charge in [-0.1, -0.05) is 12.1 Å². The monoisotopic (exact) mass is 234 g/mol. The Bertz CT molecular complexity index is 378. The van der Waals surface area contributed by atoms with Gasteiger partial charge in [0.25, 0.3) is 0 Å². The van der Waals surface area contributed by atoms with E-state index >= 15 is 0 Å². The van der Waals surface area contributed by atoms with Crippen molar-refractivity contribution in [3.05, 3.63) is 29.3 Å². The normalized spacial score (nSPS) is 20.6. The van der Waals surface area contributed by atoms with E-state index in [0.717, 1.165) is 19.5 Å². The Morgan fingerprint density at radius 2 is 2.29 bits per heavy atom. The molecule has 0 radical (unpaired) electrons. The lowest BCUT2D eigenvalue weighted by Gasteiger charge is -2.34. The van der Waals surface area contributed by atoms with Crippen molar-refractivity contribution in [2.24, 2.45) is 11.7 Å². The highest BCUT2D eigenvalue weighted by Crippen LogP contribution is 2.26. The number of anilines is 1. The predicted octanol–water partition coefficient (Wildman–Crippen LogP) is 1.66. The van der Waals surface area contributed by atoms with Crippen molar-refractivity contribution in [1.82, 2.24) is 0 Å². The van der Waals surface area contributed by atoms with Gasteiger partial charge in [-0.25, -0.2) is 0 Å². The summed E-state index contributed by atoms with van der Waals surface area (Å²) in [7, 11) is 0. The molecule has 3 heteroatoms. The molecule has 1 aliphatic rings. The molecule has 1 fully saturated rings. The molecule has 1 atom stereocenters. The van der Waals surface area contributed by atoms with Crippen LogP contribution in [-0.4, -0.2) is 24.8 Å². The lowest BCUT2D eigenvalue weighted by molar-refractivity contribution is 0.208. The summed E-state index contributed by atoms with van der Waals surface area (Å²) in [6.07, 6.45) is 2.32. The van der Waals surface area contributed by atoms with Gasteiger partial charge in [-0.15, -0.1) is 0 Å². The molecule has 1 aromatic rings. The van der Waals surface area contributed by atoms with E-state index in [9.17, 15) is 5.11 Å². The summed E-state index contributed by atoms with van der Waals surface area (Å²) < 4.78 is 0. The maximum atomic E-state index is 9.26. The Labute approximate surface area is 103 Å². The number of aliphatic hydroxyl groups excluding tert-OH is 1. The molecule has 1 aliphatic heterocycles. The fourth-order valence-corrected chi connectivity index (χ4v) is 2.63. The van der Waals surface area contributed by atoms with Crippen LogP contribution < -0.4 is 10.6 Å². The van der Waals surface area contributed by atoms with Crippen molar-refractivity contribution < 1.29 is 5.11 Å². The molecule has 3 nitrogen and oxygen atoms in total. The fourth-order valence-electron chi connectivity index (χ4n) is 2.63. The molecule has 1 aromatic carbocycles. The van der Waals surface area contributed by atoms with E-state index in [2.05, 4.69) is 30.0 Å². The second-order valence-corrected chi connectivity index (χ2v) is 4.96. The van der Waals surface area contributed by atoms with Crippen molar-refractivity contribution in [3.63, 3.8) is 0 Å². The molecule has 1 unspecified atom stereocenters. The van der Waals surface area contributed by atoms with Crippen LogP contribution in [0.2, 0.25) is 0 Å². The van der Waals surface area contributed by atoms with E-state index in [4.69, 9.17) is 5.73 Å². The SMILES string of the molecule is Cc1cc(CN)ccc1N1CCCC(CO)C1. The van der Waals surface area contributed by atoms with Crippen LogP contribution in [0.3, 0.4) is 0 Å². The highest BCUT2D eigenvalue weighted by molar-refractivity contribution is 5.54. The first-order valence-corrected chi connectivity index (χ1v) is 6.40. The van der Waals surface area contributed by atoms with Gasteiger partial charge in [-0.2, -0.15) is 0 Å². The molecule has 0 saturated carbocycles. The van der Waals surface area contributed by atoms with Gasteiger partial charge in [0, 0.05) is 31.9 Å². The lowest BCUT2D eigenvalue weighted by atomic mass is 9.97. The molecular weight excluding hydrogens is 212 g/mol. The average Bonchev–Trinajstić information content (AvgIpc) is 2.38. The van der Waals surface area contributed by atoms with Crippen LogP contribution in [0.25, 0.3) is 0 Å². The van der Waals surface area contributed by atoms with Crippen molar-refractivity contribution in [2.45, 2.75) is 26.3 Å². The number of piperidine rings is 1. The zero-order valence-corrected chi connectivity index (χ0v) is 10.5. The van der Waals surface area contributed by atoms with Gasteiger partial charge >= 0.3 is 0 Å². The van der Waals surface area contributed by atoms with E-state index in [1.54, 1.807) is 0 Å². The molecule has 3 N–H and O–H groups in total. The molecule has 0 spiro atoms. The molecular formula is C14H22N2O. The fraction of sp³-hybridized carbons (Fsp3) is 0.571. The third kappa shape index (κ3) is 2.79. The largest absolute Gasteiger partial charge is 0.396 e. The Balaban J connectivity index is 2.16. The van der Waals surface area contributed by atoms with Gasteiger partial charge in [-0.05, 0) is 42.9 Å². The Morgan fingerprint density at radius 3 is 2.94 bits per heavy atom. The van der Waals surface area contributed by atoms with E-state index in [0.29, 0.717) is 19.1 Å². The van der Waals surface area contributed by atoms with Gasteiger partial charge in [0.1, 0.15) is 0 Å². The predicted molar refractivity (Wildman–Crippen MR) is 71.1 cm³/mol. The zero-order chi connectivity index (χ0) is 12.3. The maximum Gasteiger partial charge on any atom is 0.0476 e. The lowest BCUT2D eigenvalue weighted by Crippen LogP contribution is -2.37. The highest BCUT2D eigenvalue weighted by atomic mass is 16.3. The van der Waals surface area contributed by atoms with Crippen molar-refractivity contribution in [2.75, 3.05) is 24.6 Å². The van der Waals surface area contributed by atoms with Crippen LogP contribution in [0.5, 0.6) is 0 Å². The Hall–Kier alpha value is -1.06. The number of rotatable bonds is 3. The number of hydrogen-bond acceptors (Lipinski definition) is 3. The smallest absolute Gasteiger partial charge is 0.0476 e. The summed E-state index contributed by atoms with van der Waals surface area (Å²) in [4.78, 5) is 2.39. The quantitative estimate of drug-likeness (QED) is 0.836. The topological polar surface area (TPSA) is 49.5 Å². The number of aryl methyl sites for hydroxylation is 1. The summed E-state index contributed by atoms with van der Waals surface area (Å²) in [5.74, 6) is 0.428. The van der Waals surface area contributed by atoms with Crippen LogP contribution in [0.1, 0.15) is 24.0 Å². The molecule has 1 saturated heterocycles. The zero-order valence-electron chi connectivity index (χ0n) is 10.5. The number of nitrogens with two attached hydrogens (primary N) is 1. The molecule has 1 heterocycles. The van der Waals surface area contributed by atoms with Crippen LogP contribution in [0, 0.1) is 12.8 Å². The first-order valence-electron chi connectivity index (χ1n) is 6.40. The van der Waals surface area contributed by atoms with E-state index < -0.39 is 0 Å². The summed E-state index contributed by atoms with van der Waals surface area (Å²) in [6, 6.07) is 6.43. The van der Waals surface area contributed by atoms with E-state index in [1.165, 1.54) is 23.2 Å². The van der Waals surface area contributed by atoms with Gasteiger partial charge in [-0.3, -0.25) is 0 Å². The number of hydrogen-bond donors (Lipinski definition) is 2. The third-order valence-corrected chi connectivity index (χ3v) is 3.61. The number of aliphatic hydroxyl groups is 1. The molecule has 0 aliphatic carbocycles. The minimum Gasteiger partial charge on any atom is -0.396 e. The molecule has 0 aromatic heterocycles. The van der Waals surface area contributed by atoms with Crippen LogP contribution >= 0.6 is 0 Å². The number of nitrogens with zero attached hydrogens (tertiary/aromatic N) is 1. The first kappa shape index (κ1) is 12.4. The summed E-state index contributed by atoms with van der Waals surface area (Å²) in [5, 5.41) is 9.26. The highest BCUT2D eigenvalue weighted by Gasteiger charge is 2.20. The number of benzene rings is 1. The standard InChI is InChI=1S/C14H22N2O/c1-11-7-12(8-15)4-5-14(11)16-6-2-3-13(9-16)10-17/h4-5,7,13,17H,2-3,6,8-10,15H2,1H3. The van der Waals surface area contributed by atoms with Crippen molar-refractivity contribution in [1.29, 1.82) is 0 Å². The van der Waals surface area contributed by atoms with E-state index in [-0.39, 0.29) is 0 Å². The Morgan fingerprint density at radius 1 is 1.47 bits per heavy atom. The third-order valence-electron chi connectivity index (χ3n) is 3.61. The van der Waals surface area contributed by atoms with Crippen molar-refractivity contribution in [3.8, 4) is 0 Å².